The van der Waals surface area contributed by atoms with E-state index in [9.17, 15) is 17.8 Å². The Bertz CT molecular complexity index is 1180. The Morgan fingerprint density at radius 2 is 1.69 bits per heavy atom. The number of nitrogens with two attached hydrogens (primary N) is 1. The molecular formula is C19H16N3NaO5S. The molecule has 144 valence electrons. The molecule has 0 atom stereocenters. The third-order valence-corrected chi connectivity index (χ3v) is 4.82. The fourth-order valence-corrected chi connectivity index (χ4v) is 3.33. The van der Waals surface area contributed by atoms with Crippen LogP contribution in [-0.2, 0) is 14.9 Å². The van der Waals surface area contributed by atoms with Crippen LogP contribution in [-0.4, -0.2) is 25.5 Å². The van der Waals surface area contributed by atoms with Crippen molar-refractivity contribution in [3.05, 3.63) is 60.2 Å². The summed E-state index contributed by atoms with van der Waals surface area (Å²) in [4.78, 5) is 11.2. The number of esters is 1. The Morgan fingerprint density at radius 3 is 2.28 bits per heavy atom. The smallest absolute Gasteiger partial charge is 0.744 e. The number of benzene rings is 3. The second-order valence-corrected chi connectivity index (χ2v) is 7.12. The van der Waals surface area contributed by atoms with Crippen molar-refractivity contribution in [3.8, 4) is 0 Å². The Kier molecular flexibility index (Phi) is 7.50. The minimum absolute atomic E-state index is 0. The molecule has 0 aliphatic heterocycles. The molecule has 0 radical (unpaired) electrons. The van der Waals surface area contributed by atoms with E-state index in [0.717, 1.165) is 6.07 Å². The average molecular weight is 421 g/mol. The van der Waals surface area contributed by atoms with Gasteiger partial charge in [0.2, 0.25) is 0 Å². The minimum Gasteiger partial charge on any atom is -0.744 e. The van der Waals surface area contributed by atoms with Crippen molar-refractivity contribution in [1.82, 2.24) is 0 Å². The molecule has 0 spiro atoms. The fourth-order valence-electron chi connectivity index (χ4n) is 2.63. The third-order valence-electron chi connectivity index (χ3n) is 3.95. The molecule has 0 heterocycles. The van der Waals surface area contributed by atoms with Crippen LogP contribution < -0.4 is 35.3 Å². The molecule has 2 N–H and O–H groups in total. The summed E-state index contributed by atoms with van der Waals surface area (Å²) in [6.45, 7) is 1.98. The Morgan fingerprint density at radius 1 is 1.07 bits per heavy atom. The van der Waals surface area contributed by atoms with E-state index in [-0.39, 0.29) is 52.9 Å². The van der Waals surface area contributed by atoms with Crippen LogP contribution in [0.2, 0.25) is 0 Å². The van der Waals surface area contributed by atoms with E-state index in [1.54, 1.807) is 37.3 Å². The molecule has 0 aliphatic carbocycles. The van der Waals surface area contributed by atoms with Crippen molar-refractivity contribution in [2.75, 3.05) is 12.3 Å². The third kappa shape index (κ3) is 5.20. The number of nitrogens with zero attached hydrogens (tertiary/aromatic N) is 2. The molecule has 0 unspecified atom stereocenters. The zero-order valence-corrected chi connectivity index (χ0v) is 18.6. The number of ether oxygens (including phenoxy) is 1. The fraction of sp³-hybridized carbons (Fsp3) is 0.105. The van der Waals surface area contributed by atoms with Crippen LogP contribution in [0.25, 0.3) is 10.8 Å². The van der Waals surface area contributed by atoms with E-state index < -0.39 is 21.0 Å². The van der Waals surface area contributed by atoms with Crippen molar-refractivity contribution < 1.29 is 52.1 Å². The zero-order chi connectivity index (χ0) is 20.3. The number of anilines is 1. The van der Waals surface area contributed by atoms with E-state index in [0.29, 0.717) is 16.6 Å². The van der Waals surface area contributed by atoms with Gasteiger partial charge < -0.3 is 15.0 Å². The maximum Gasteiger partial charge on any atom is 1.00 e. The zero-order valence-electron chi connectivity index (χ0n) is 15.8. The van der Waals surface area contributed by atoms with Gasteiger partial charge in [0.15, 0.2) is 0 Å². The molecule has 10 heteroatoms. The van der Waals surface area contributed by atoms with Crippen LogP contribution in [0, 0.1) is 0 Å². The Labute approximate surface area is 189 Å². The summed E-state index contributed by atoms with van der Waals surface area (Å²) in [5, 5.41) is 8.63. The molecule has 0 bridgehead atoms. The standard InChI is InChI=1S/C19H17N3O5S.Na/c1-2-27-19(23)12-7-9-13(10-8-12)21-22-16-11-17(28(24,25)26)14-5-3-4-6-15(14)18(16)20;/h3-11H,2,20H2,1H3,(H,24,25,26);/q;+1/p-1. The van der Waals surface area contributed by atoms with Gasteiger partial charge in [-0.15, -0.1) is 5.11 Å². The monoisotopic (exact) mass is 421 g/mol. The molecule has 3 rings (SSSR count). The van der Waals surface area contributed by atoms with Gasteiger partial charge in [-0.05, 0) is 37.3 Å². The first-order valence-electron chi connectivity index (χ1n) is 8.27. The van der Waals surface area contributed by atoms with Gasteiger partial charge >= 0.3 is 35.5 Å². The number of azo groups is 1. The Hall–Kier alpha value is -2.30. The Balaban J connectivity index is 0.00000300. The van der Waals surface area contributed by atoms with E-state index in [4.69, 9.17) is 10.5 Å². The molecule has 3 aromatic rings. The van der Waals surface area contributed by atoms with Gasteiger partial charge in [-0.2, -0.15) is 5.11 Å². The molecule has 0 saturated carbocycles. The molecule has 29 heavy (non-hydrogen) atoms. The van der Waals surface area contributed by atoms with Crippen LogP contribution in [0.5, 0.6) is 0 Å². The number of fused-ring (bicyclic) bond motifs is 1. The van der Waals surface area contributed by atoms with E-state index >= 15 is 0 Å². The number of carbonyl (C=O) groups excluding carboxylic acids is 1. The quantitative estimate of drug-likeness (QED) is 0.214. The summed E-state index contributed by atoms with van der Waals surface area (Å²) in [5.74, 6) is -0.449. The SMILES string of the molecule is CCOC(=O)c1ccc(N=Nc2cc(S(=O)(=O)[O-])c3ccccc3c2N)cc1.[Na+]. The van der Waals surface area contributed by atoms with Gasteiger partial charge in [0.25, 0.3) is 0 Å². The summed E-state index contributed by atoms with van der Waals surface area (Å²) in [6.07, 6.45) is 0. The van der Waals surface area contributed by atoms with Gasteiger partial charge in [0, 0.05) is 10.8 Å². The van der Waals surface area contributed by atoms with Crippen molar-refractivity contribution in [2.45, 2.75) is 11.8 Å². The predicted molar refractivity (Wildman–Crippen MR) is 103 cm³/mol. The second kappa shape index (κ2) is 9.47. The van der Waals surface area contributed by atoms with Gasteiger partial charge in [-0.1, -0.05) is 24.3 Å². The number of nitrogen functional groups attached to an aromatic ring is 1. The molecular weight excluding hydrogens is 405 g/mol. The van der Waals surface area contributed by atoms with Gasteiger partial charge in [-0.3, -0.25) is 0 Å². The largest absolute Gasteiger partial charge is 1.00 e. The van der Waals surface area contributed by atoms with Gasteiger partial charge in [0.1, 0.15) is 15.8 Å². The van der Waals surface area contributed by atoms with E-state index in [2.05, 4.69) is 10.2 Å². The van der Waals surface area contributed by atoms with E-state index in [1.165, 1.54) is 18.2 Å². The number of rotatable bonds is 5. The number of hydrogen-bond acceptors (Lipinski definition) is 8. The summed E-state index contributed by atoms with van der Waals surface area (Å²) >= 11 is 0. The maximum atomic E-state index is 11.7. The molecule has 0 fully saturated rings. The second-order valence-electron chi connectivity index (χ2n) is 5.77. The molecule has 3 aromatic carbocycles. The van der Waals surface area contributed by atoms with Crippen molar-refractivity contribution in [3.63, 3.8) is 0 Å². The summed E-state index contributed by atoms with van der Waals surface area (Å²) in [6, 6.07) is 13.7. The minimum atomic E-state index is -4.73. The van der Waals surface area contributed by atoms with Crippen LogP contribution in [0.4, 0.5) is 17.1 Å². The molecule has 0 amide bonds. The first-order chi connectivity index (χ1) is 13.3. The van der Waals surface area contributed by atoms with Gasteiger partial charge in [-0.25, -0.2) is 13.2 Å². The van der Waals surface area contributed by atoms with Crippen LogP contribution in [0.1, 0.15) is 17.3 Å². The normalized spacial score (nSPS) is 11.4. The molecule has 0 aromatic heterocycles. The van der Waals surface area contributed by atoms with Gasteiger partial charge in [0.05, 0.1) is 28.4 Å². The number of carbonyl (C=O) groups is 1. The average Bonchev–Trinajstić information content (AvgIpc) is 2.67. The van der Waals surface area contributed by atoms with Crippen molar-refractivity contribution in [2.24, 2.45) is 10.2 Å². The van der Waals surface area contributed by atoms with Crippen LogP contribution in [0.15, 0.2) is 69.7 Å². The summed E-state index contributed by atoms with van der Waals surface area (Å²) in [7, 11) is -4.73. The molecule has 8 nitrogen and oxygen atoms in total. The molecule has 0 saturated heterocycles. The maximum absolute atomic E-state index is 11.7. The van der Waals surface area contributed by atoms with E-state index in [1.807, 2.05) is 0 Å². The van der Waals surface area contributed by atoms with Crippen LogP contribution >= 0.6 is 0 Å². The first-order valence-corrected chi connectivity index (χ1v) is 9.68. The topological polar surface area (TPSA) is 134 Å². The predicted octanol–water partition coefficient (Wildman–Crippen LogP) is 0.922. The molecule has 0 aliphatic rings. The summed E-state index contributed by atoms with van der Waals surface area (Å²) in [5.41, 5.74) is 7.12. The van der Waals surface area contributed by atoms with Crippen molar-refractivity contribution in [1.29, 1.82) is 0 Å². The van der Waals surface area contributed by atoms with Crippen molar-refractivity contribution >= 4 is 43.9 Å². The number of hydrogen-bond donors (Lipinski definition) is 1. The van der Waals surface area contributed by atoms with Crippen LogP contribution in [0.3, 0.4) is 0 Å². The summed E-state index contributed by atoms with van der Waals surface area (Å²) < 4.78 is 39.8. The first kappa shape index (κ1) is 23.0.